The first-order chi connectivity index (χ1) is 8.78. The molecule has 0 radical (unpaired) electrons. The molecule has 0 saturated carbocycles. The Bertz CT molecular complexity index is 448. The second-order valence-corrected chi connectivity index (χ2v) is 5.36. The summed E-state index contributed by atoms with van der Waals surface area (Å²) in [6.07, 6.45) is 2.19. The number of thiophene rings is 1. The highest BCUT2D eigenvalue weighted by molar-refractivity contribution is 7.09. The van der Waals surface area contributed by atoms with Crippen molar-refractivity contribution in [1.29, 1.82) is 0 Å². The van der Waals surface area contributed by atoms with Crippen molar-refractivity contribution < 1.29 is 9.84 Å². The molecule has 1 atom stereocenters. The molecule has 18 heavy (non-hydrogen) atoms. The molecular weight excluding hydrogens is 244 g/mol. The monoisotopic (exact) mass is 262 g/mol. The normalized spacial score (nSPS) is 12.3. The van der Waals surface area contributed by atoms with Crippen molar-refractivity contribution in [2.24, 2.45) is 0 Å². The van der Waals surface area contributed by atoms with Gasteiger partial charge in [-0.25, -0.2) is 0 Å². The second-order valence-electron chi connectivity index (χ2n) is 4.32. The standard InChI is InChI=1S/C15H18O2S/c1-17-14-8-5-12(6-9-14)4-7-13(16)11-15-3-2-10-18-15/h2-3,5-6,8-10,13,16H,4,7,11H2,1H3. The van der Waals surface area contributed by atoms with Crippen LogP contribution in [0, 0.1) is 0 Å². The zero-order valence-corrected chi connectivity index (χ0v) is 11.3. The molecule has 2 aromatic rings. The topological polar surface area (TPSA) is 29.5 Å². The summed E-state index contributed by atoms with van der Waals surface area (Å²) < 4.78 is 5.12. The van der Waals surface area contributed by atoms with E-state index < -0.39 is 0 Å². The largest absolute Gasteiger partial charge is 0.497 e. The minimum absolute atomic E-state index is 0.259. The smallest absolute Gasteiger partial charge is 0.118 e. The van der Waals surface area contributed by atoms with Crippen LogP contribution in [0.25, 0.3) is 0 Å². The Balaban J connectivity index is 1.79. The first-order valence-electron chi connectivity index (χ1n) is 6.11. The number of hydrogen-bond acceptors (Lipinski definition) is 3. The van der Waals surface area contributed by atoms with Crippen molar-refractivity contribution in [3.8, 4) is 5.75 Å². The van der Waals surface area contributed by atoms with E-state index >= 15 is 0 Å². The summed E-state index contributed by atoms with van der Waals surface area (Å²) in [6, 6.07) is 12.1. The second kappa shape index (κ2) is 6.57. The summed E-state index contributed by atoms with van der Waals surface area (Å²) in [5, 5.41) is 12.0. The summed E-state index contributed by atoms with van der Waals surface area (Å²) in [4.78, 5) is 1.25. The summed E-state index contributed by atoms with van der Waals surface area (Å²) >= 11 is 1.70. The average Bonchev–Trinajstić information content (AvgIpc) is 2.90. The summed E-state index contributed by atoms with van der Waals surface area (Å²) in [7, 11) is 1.67. The fourth-order valence-corrected chi connectivity index (χ4v) is 2.67. The van der Waals surface area contributed by atoms with E-state index in [0.29, 0.717) is 0 Å². The molecule has 1 aromatic carbocycles. The maximum Gasteiger partial charge on any atom is 0.118 e. The number of hydrogen-bond donors (Lipinski definition) is 1. The molecule has 1 unspecified atom stereocenters. The molecule has 96 valence electrons. The predicted molar refractivity (Wildman–Crippen MR) is 75.3 cm³/mol. The van der Waals surface area contributed by atoms with Crippen molar-refractivity contribution in [1.82, 2.24) is 0 Å². The molecule has 0 aliphatic carbocycles. The Morgan fingerprint density at radius 3 is 2.61 bits per heavy atom. The highest BCUT2D eigenvalue weighted by Gasteiger charge is 2.06. The zero-order valence-electron chi connectivity index (χ0n) is 10.5. The summed E-state index contributed by atoms with van der Waals surface area (Å²) in [6.45, 7) is 0. The number of ether oxygens (including phenoxy) is 1. The lowest BCUT2D eigenvalue weighted by molar-refractivity contribution is 0.166. The molecule has 2 nitrogen and oxygen atoms in total. The lowest BCUT2D eigenvalue weighted by Gasteiger charge is -2.09. The molecule has 3 heteroatoms. The maximum absolute atomic E-state index is 9.97. The van der Waals surface area contributed by atoms with Crippen molar-refractivity contribution in [3.63, 3.8) is 0 Å². The van der Waals surface area contributed by atoms with Crippen LogP contribution in [0.2, 0.25) is 0 Å². The highest BCUT2D eigenvalue weighted by atomic mass is 32.1. The molecule has 0 amide bonds. The van der Waals surface area contributed by atoms with Gasteiger partial charge in [0.05, 0.1) is 13.2 Å². The van der Waals surface area contributed by atoms with Crippen molar-refractivity contribution >= 4 is 11.3 Å². The van der Waals surface area contributed by atoms with E-state index in [1.54, 1.807) is 18.4 Å². The lowest BCUT2D eigenvalue weighted by atomic mass is 10.0. The molecule has 1 heterocycles. The Morgan fingerprint density at radius 1 is 1.22 bits per heavy atom. The first kappa shape index (κ1) is 13.1. The third-order valence-electron chi connectivity index (χ3n) is 2.94. The molecule has 1 N–H and O–H groups in total. The van der Waals surface area contributed by atoms with E-state index in [-0.39, 0.29) is 6.10 Å². The van der Waals surface area contributed by atoms with Gasteiger partial charge in [-0.15, -0.1) is 11.3 Å². The Kier molecular flexibility index (Phi) is 4.79. The average molecular weight is 262 g/mol. The van der Waals surface area contributed by atoms with Crippen LogP contribution >= 0.6 is 11.3 Å². The predicted octanol–water partition coefficient (Wildman–Crippen LogP) is 3.29. The lowest BCUT2D eigenvalue weighted by Crippen LogP contribution is -2.10. The molecular formula is C15H18O2S. The molecule has 0 saturated heterocycles. The van der Waals surface area contributed by atoms with Crippen LogP contribution in [0.4, 0.5) is 0 Å². The number of aryl methyl sites for hydroxylation is 1. The fourth-order valence-electron chi connectivity index (χ4n) is 1.89. The molecule has 0 aliphatic heterocycles. The molecule has 2 rings (SSSR count). The van der Waals surface area contributed by atoms with Crippen LogP contribution in [0.3, 0.4) is 0 Å². The third-order valence-corrected chi connectivity index (χ3v) is 3.84. The van der Waals surface area contributed by atoms with Gasteiger partial charge in [0.15, 0.2) is 0 Å². The Labute approximate surface area is 112 Å². The third kappa shape index (κ3) is 3.86. The van der Waals surface area contributed by atoms with Gasteiger partial charge < -0.3 is 9.84 Å². The van der Waals surface area contributed by atoms with E-state index in [1.165, 1.54) is 10.4 Å². The van der Waals surface area contributed by atoms with Gasteiger partial charge in [0, 0.05) is 11.3 Å². The van der Waals surface area contributed by atoms with Gasteiger partial charge >= 0.3 is 0 Å². The summed E-state index contributed by atoms with van der Waals surface area (Å²) in [5.41, 5.74) is 1.24. The molecule has 0 aliphatic rings. The van der Waals surface area contributed by atoms with Gasteiger partial charge in [-0.3, -0.25) is 0 Å². The molecule has 0 fully saturated rings. The van der Waals surface area contributed by atoms with Gasteiger partial charge in [0.1, 0.15) is 5.75 Å². The van der Waals surface area contributed by atoms with Gasteiger partial charge in [-0.2, -0.15) is 0 Å². The van der Waals surface area contributed by atoms with Gasteiger partial charge in [-0.1, -0.05) is 18.2 Å². The Morgan fingerprint density at radius 2 is 2.00 bits per heavy atom. The number of rotatable bonds is 6. The van der Waals surface area contributed by atoms with E-state index in [1.807, 2.05) is 23.6 Å². The molecule has 0 spiro atoms. The van der Waals surface area contributed by atoms with Crippen LogP contribution in [0.5, 0.6) is 5.75 Å². The summed E-state index contributed by atoms with van der Waals surface area (Å²) in [5.74, 6) is 0.873. The zero-order chi connectivity index (χ0) is 12.8. The van der Waals surface area contributed by atoms with Crippen molar-refractivity contribution in [2.45, 2.75) is 25.4 Å². The number of aliphatic hydroxyl groups excluding tert-OH is 1. The van der Waals surface area contributed by atoms with Crippen LogP contribution in [-0.4, -0.2) is 18.3 Å². The fraction of sp³-hybridized carbons (Fsp3) is 0.333. The quantitative estimate of drug-likeness (QED) is 0.865. The van der Waals surface area contributed by atoms with Crippen LogP contribution < -0.4 is 4.74 Å². The minimum atomic E-state index is -0.259. The van der Waals surface area contributed by atoms with Gasteiger partial charge in [0.25, 0.3) is 0 Å². The van der Waals surface area contributed by atoms with E-state index in [4.69, 9.17) is 4.74 Å². The van der Waals surface area contributed by atoms with E-state index in [2.05, 4.69) is 18.2 Å². The minimum Gasteiger partial charge on any atom is -0.497 e. The molecule has 1 aromatic heterocycles. The molecule has 0 bridgehead atoms. The Hall–Kier alpha value is -1.32. The van der Waals surface area contributed by atoms with Crippen LogP contribution in [0.15, 0.2) is 41.8 Å². The number of aliphatic hydroxyl groups is 1. The maximum atomic E-state index is 9.97. The van der Waals surface area contributed by atoms with Gasteiger partial charge in [-0.05, 0) is 42.0 Å². The van der Waals surface area contributed by atoms with Crippen molar-refractivity contribution in [2.75, 3.05) is 7.11 Å². The highest BCUT2D eigenvalue weighted by Crippen LogP contribution is 2.16. The van der Waals surface area contributed by atoms with Gasteiger partial charge in [0.2, 0.25) is 0 Å². The van der Waals surface area contributed by atoms with E-state index in [9.17, 15) is 5.11 Å². The van der Waals surface area contributed by atoms with E-state index in [0.717, 1.165) is 25.0 Å². The number of methoxy groups -OCH3 is 1. The van der Waals surface area contributed by atoms with Crippen LogP contribution in [0.1, 0.15) is 16.9 Å². The first-order valence-corrected chi connectivity index (χ1v) is 6.99. The SMILES string of the molecule is COc1ccc(CCC(O)Cc2cccs2)cc1. The number of benzene rings is 1. The van der Waals surface area contributed by atoms with Crippen LogP contribution in [-0.2, 0) is 12.8 Å². The van der Waals surface area contributed by atoms with Crippen molar-refractivity contribution in [3.05, 3.63) is 52.2 Å².